The molecule has 2 aromatic carbocycles. The second kappa shape index (κ2) is 6.97. The molecule has 3 rings (SSSR count). The first-order chi connectivity index (χ1) is 10.9. The molecule has 3 aromatic rings. The number of hydrogen-bond donors (Lipinski definition) is 0. The smallest absolute Gasteiger partial charge is 0.125 e. The van der Waals surface area contributed by atoms with Crippen LogP contribution in [0.2, 0.25) is 30.1 Å². The lowest BCUT2D eigenvalue weighted by Gasteiger charge is -2.05. The van der Waals surface area contributed by atoms with Gasteiger partial charge in [-0.2, -0.15) is 0 Å². The Bertz CT molecular complexity index is 833. The summed E-state index contributed by atoms with van der Waals surface area (Å²) in [5.74, 6) is 0. The second-order valence-electron chi connectivity index (χ2n) is 4.48. The van der Waals surface area contributed by atoms with Crippen molar-refractivity contribution in [3.63, 3.8) is 0 Å². The van der Waals surface area contributed by atoms with E-state index in [0.29, 0.717) is 52.0 Å². The number of aromatic nitrogens is 1. The molecule has 23 heavy (non-hydrogen) atoms. The number of benzene rings is 2. The van der Waals surface area contributed by atoms with E-state index in [9.17, 15) is 0 Å². The third-order valence-corrected chi connectivity index (χ3v) is 6.54. The van der Waals surface area contributed by atoms with Crippen molar-refractivity contribution in [1.29, 1.82) is 0 Å². The van der Waals surface area contributed by atoms with Gasteiger partial charge in [-0.25, -0.2) is 4.98 Å². The minimum absolute atomic E-state index is 0.299. The standard InChI is InChI=1S/C15H5Cl6NS/c16-8-3-1-6(11(18)13(8)20)10-5-23-15(22-10)7-2-4-9(17)14(21)12(7)19/h1-5H. The van der Waals surface area contributed by atoms with E-state index in [1.165, 1.54) is 11.3 Å². The monoisotopic (exact) mass is 441 g/mol. The van der Waals surface area contributed by atoms with Crippen molar-refractivity contribution in [3.05, 3.63) is 59.8 Å². The van der Waals surface area contributed by atoms with E-state index >= 15 is 0 Å². The van der Waals surface area contributed by atoms with Crippen LogP contribution >= 0.6 is 80.9 Å². The summed E-state index contributed by atoms with van der Waals surface area (Å²) >= 11 is 38.0. The lowest BCUT2D eigenvalue weighted by Crippen LogP contribution is -1.84. The molecule has 0 N–H and O–H groups in total. The molecule has 0 aliphatic heterocycles. The van der Waals surface area contributed by atoms with Gasteiger partial charge in [0.25, 0.3) is 0 Å². The van der Waals surface area contributed by atoms with Crippen LogP contribution in [0.3, 0.4) is 0 Å². The molecule has 0 unspecified atom stereocenters. The molecule has 1 aromatic heterocycles. The van der Waals surface area contributed by atoms with Gasteiger partial charge in [0.1, 0.15) is 5.01 Å². The molecule has 0 amide bonds. The first kappa shape index (κ1) is 17.6. The molecule has 0 aliphatic carbocycles. The predicted molar refractivity (Wildman–Crippen MR) is 103 cm³/mol. The molecule has 0 fully saturated rings. The quantitative estimate of drug-likeness (QED) is 0.362. The zero-order valence-corrected chi connectivity index (χ0v) is 16.4. The maximum Gasteiger partial charge on any atom is 0.125 e. The van der Waals surface area contributed by atoms with Gasteiger partial charge in [-0.1, -0.05) is 69.6 Å². The van der Waals surface area contributed by atoms with Crippen LogP contribution in [0.1, 0.15) is 0 Å². The maximum absolute atomic E-state index is 6.25. The molecular formula is C15H5Cl6NS. The molecule has 0 aliphatic rings. The van der Waals surface area contributed by atoms with Crippen LogP contribution < -0.4 is 0 Å². The van der Waals surface area contributed by atoms with Gasteiger partial charge in [-0.15, -0.1) is 11.3 Å². The lowest BCUT2D eigenvalue weighted by atomic mass is 10.1. The number of rotatable bonds is 2. The van der Waals surface area contributed by atoms with Crippen LogP contribution in [-0.2, 0) is 0 Å². The van der Waals surface area contributed by atoms with Gasteiger partial charge >= 0.3 is 0 Å². The van der Waals surface area contributed by atoms with Crippen molar-refractivity contribution < 1.29 is 0 Å². The predicted octanol–water partition coefficient (Wildman–Crippen LogP) is 8.40. The van der Waals surface area contributed by atoms with Gasteiger partial charge in [-0.3, -0.25) is 0 Å². The molecule has 0 saturated heterocycles. The summed E-state index contributed by atoms with van der Waals surface area (Å²) in [7, 11) is 0. The highest BCUT2D eigenvalue weighted by Gasteiger charge is 2.16. The van der Waals surface area contributed by atoms with Crippen molar-refractivity contribution in [3.8, 4) is 21.8 Å². The summed E-state index contributed by atoms with van der Waals surface area (Å²) in [4.78, 5) is 4.56. The zero-order valence-electron chi connectivity index (χ0n) is 11.0. The van der Waals surface area contributed by atoms with Crippen LogP contribution in [0.4, 0.5) is 0 Å². The van der Waals surface area contributed by atoms with E-state index < -0.39 is 0 Å². The van der Waals surface area contributed by atoms with Crippen molar-refractivity contribution >= 4 is 80.9 Å². The minimum Gasteiger partial charge on any atom is -0.236 e. The molecule has 0 spiro atoms. The molecule has 0 atom stereocenters. The topological polar surface area (TPSA) is 12.9 Å². The zero-order chi connectivity index (χ0) is 16.7. The summed E-state index contributed by atoms with van der Waals surface area (Å²) < 4.78 is 0. The molecule has 0 radical (unpaired) electrons. The average Bonchev–Trinajstić information content (AvgIpc) is 3.00. The Balaban J connectivity index is 2.09. The first-order valence-corrected chi connectivity index (χ1v) is 9.28. The van der Waals surface area contributed by atoms with Crippen LogP contribution in [-0.4, -0.2) is 4.98 Å². The molecule has 1 heterocycles. The number of thiazole rings is 1. The molecule has 0 saturated carbocycles. The summed E-state index contributed by atoms with van der Waals surface area (Å²) in [6, 6.07) is 6.90. The molecule has 118 valence electrons. The SMILES string of the molecule is Clc1ccc(-c2csc(-c3ccc(Cl)c(Cl)c3Cl)n2)c(Cl)c1Cl. The van der Waals surface area contributed by atoms with Crippen molar-refractivity contribution in [2.45, 2.75) is 0 Å². The fourth-order valence-electron chi connectivity index (χ4n) is 1.94. The number of halogens is 6. The van der Waals surface area contributed by atoms with Crippen molar-refractivity contribution in [2.75, 3.05) is 0 Å². The van der Waals surface area contributed by atoms with Crippen LogP contribution in [0.15, 0.2) is 29.6 Å². The van der Waals surface area contributed by atoms with Gasteiger partial charge in [0, 0.05) is 16.5 Å². The molecular weight excluding hydrogens is 439 g/mol. The maximum atomic E-state index is 6.25. The summed E-state index contributed by atoms with van der Waals surface area (Å²) in [6.45, 7) is 0. The largest absolute Gasteiger partial charge is 0.236 e. The van der Waals surface area contributed by atoms with E-state index in [0.717, 1.165) is 0 Å². The van der Waals surface area contributed by atoms with Crippen LogP contribution in [0, 0.1) is 0 Å². The van der Waals surface area contributed by atoms with Gasteiger partial charge in [-0.05, 0) is 24.3 Å². The Labute approximate surface area is 166 Å². The third kappa shape index (κ3) is 3.32. The Hall–Kier alpha value is -0.190. The fraction of sp³-hybridized carbons (Fsp3) is 0. The van der Waals surface area contributed by atoms with Crippen LogP contribution in [0.25, 0.3) is 21.8 Å². The van der Waals surface area contributed by atoms with Gasteiger partial charge < -0.3 is 0 Å². The number of nitrogens with zero attached hydrogens (tertiary/aromatic N) is 1. The first-order valence-electron chi connectivity index (χ1n) is 6.13. The Morgan fingerprint density at radius 1 is 0.652 bits per heavy atom. The summed E-state index contributed by atoms with van der Waals surface area (Å²) in [5, 5.41) is 4.66. The van der Waals surface area contributed by atoms with E-state index in [4.69, 9.17) is 69.6 Å². The molecule has 1 nitrogen and oxygen atoms in total. The Kier molecular flexibility index (Phi) is 5.34. The van der Waals surface area contributed by atoms with Gasteiger partial charge in [0.2, 0.25) is 0 Å². The minimum atomic E-state index is 0.299. The fourth-order valence-corrected chi connectivity index (χ4v) is 4.10. The van der Waals surface area contributed by atoms with Gasteiger partial charge in [0.05, 0.1) is 35.8 Å². The summed E-state index contributed by atoms with van der Waals surface area (Å²) in [6.07, 6.45) is 0. The van der Waals surface area contributed by atoms with E-state index in [1.807, 2.05) is 5.38 Å². The lowest BCUT2D eigenvalue weighted by molar-refractivity contribution is 1.40. The highest BCUT2D eigenvalue weighted by atomic mass is 35.5. The Morgan fingerprint density at radius 3 is 1.78 bits per heavy atom. The Morgan fingerprint density at radius 2 is 1.17 bits per heavy atom. The van der Waals surface area contributed by atoms with Gasteiger partial charge in [0.15, 0.2) is 0 Å². The van der Waals surface area contributed by atoms with Crippen molar-refractivity contribution in [1.82, 2.24) is 4.98 Å². The molecule has 0 bridgehead atoms. The highest BCUT2D eigenvalue weighted by molar-refractivity contribution is 7.13. The third-order valence-electron chi connectivity index (χ3n) is 3.08. The normalized spacial score (nSPS) is 11.0. The molecule has 8 heteroatoms. The van der Waals surface area contributed by atoms with Crippen molar-refractivity contribution in [2.24, 2.45) is 0 Å². The summed E-state index contributed by atoms with van der Waals surface area (Å²) in [5.41, 5.74) is 2.07. The van der Waals surface area contributed by atoms with E-state index in [1.54, 1.807) is 24.3 Å². The second-order valence-corrected chi connectivity index (χ2v) is 7.67. The van der Waals surface area contributed by atoms with E-state index in [-0.39, 0.29) is 0 Å². The van der Waals surface area contributed by atoms with Crippen LogP contribution in [0.5, 0.6) is 0 Å². The number of hydrogen-bond acceptors (Lipinski definition) is 2. The van der Waals surface area contributed by atoms with E-state index in [2.05, 4.69) is 4.98 Å². The highest BCUT2D eigenvalue weighted by Crippen LogP contribution is 2.42. The average molecular weight is 444 g/mol.